The minimum atomic E-state index is -4.87. The van der Waals surface area contributed by atoms with Crippen LogP contribution in [0.4, 0.5) is 28.9 Å². The second-order valence-corrected chi connectivity index (χ2v) is 9.04. The van der Waals surface area contributed by atoms with Gasteiger partial charge in [0.1, 0.15) is 12.1 Å². The third-order valence-corrected chi connectivity index (χ3v) is 6.62. The molecule has 1 heterocycles. The first-order valence-corrected chi connectivity index (χ1v) is 11.9. The van der Waals surface area contributed by atoms with Crippen LogP contribution in [0.15, 0.2) is 66.7 Å². The van der Waals surface area contributed by atoms with Crippen LogP contribution in [0.3, 0.4) is 0 Å². The van der Waals surface area contributed by atoms with Gasteiger partial charge in [0.05, 0.1) is 22.4 Å². The largest absolute Gasteiger partial charge is 0.417 e. The Bertz CT molecular complexity index is 1330. The number of aldehydes is 1. The first-order valence-electron chi connectivity index (χ1n) is 11.9. The Balaban J connectivity index is 1.43. The molecule has 0 aromatic heterocycles. The molecule has 1 saturated heterocycles. The first kappa shape index (κ1) is 26.8. The Hall–Kier alpha value is -4.21. The van der Waals surface area contributed by atoms with Gasteiger partial charge in [0.15, 0.2) is 0 Å². The summed E-state index contributed by atoms with van der Waals surface area (Å²) in [7, 11) is 1.42. The van der Waals surface area contributed by atoms with E-state index in [1.165, 1.54) is 11.9 Å². The lowest BCUT2D eigenvalue weighted by molar-refractivity contribution is -0.138. The molecule has 198 valence electrons. The molecule has 1 aliphatic rings. The van der Waals surface area contributed by atoms with E-state index in [9.17, 15) is 31.9 Å². The number of carbonyl (C=O) groups is 3. The average molecular weight is 528 g/mol. The number of benzene rings is 3. The fourth-order valence-corrected chi connectivity index (χ4v) is 4.50. The zero-order chi connectivity index (χ0) is 27.4. The summed E-state index contributed by atoms with van der Waals surface area (Å²) in [6.07, 6.45) is -3.38. The molecule has 0 aliphatic carbocycles. The Kier molecular flexibility index (Phi) is 7.80. The van der Waals surface area contributed by atoms with Crippen LogP contribution in [-0.4, -0.2) is 54.1 Å². The van der Waals surface area contributed by atoms with Gasteiger partial charge < -0.3 is 15.1 Å². The van der Waals surface area contributed by atoms with Crippen molar-refractivity contribution in [1.82, 2.24) is 9.80 Å². The number of anilines is 2. The van der Waals surface area contributed by atoms with Crippen LogP contribution < -0.4 is 5.32 Å². The highest BCUT2D eigenvalue weighted by Gasteiger charge is 2.37. The molecule has 0 radical (unpaired) electrons. The number of para-hydroxylation sites is 1. The summed E-state index contributed by atoms with van der Waals surface area (Å²) in [6.45, 7) is 0.609. The molecule has 6 nitrogen and oxygen atoms in total. The minimum Gasteiger partial charge on any atom is -0.355 e. The molecule has 2 amide bonds. The van der Waals surface area contributed by atoms with Gasteiger partial charge in [0.25, 0.3) is 11.8 Å². The fraction of sp³-hybridized carbons (Fsp3) is 0.250. The van der Waals surface area contributed by atoms with Gasteiger partial charge in [-0.25, -0.2) is 4.39 Å². The van der Waals surface area contributed by atoms with E-state index in [4.69, 9.17) is 0 Å². The molecule has 10 heteroatoms. The third kappa shape index (κ3) is 5.85. The highest BCUT2D eigenvalue weighted by atomic mass is 19.4. The normalized spacial score (nSPS) is 14.2. The number of likely N-dealkylation sites (tertiary alicyclic amines) is 1. The van der Waals surface area contributed by atoms with Crippen molar-refractivity contribution in [3.05, 3.63) is 94.8 Å². The van der Waals surface area contributed by atoms with Crippen molar-refractivity contribution in [3.8, 4) is 0 Å². The molecule has 3 aromatic rings. The van der Waals surface area contributed by atoms with Crippen LogP contribution in [0.1, 0.15) is 49.5 Å². The number of nitrogens with one attached hydrogen (secondary N) is 1. The SMILES string of the molecule is CN(C(=O)c1ccc(F)cc1C(F)(F)F)C1CCN(C(=O)c2ccccc2Nc2ccc(C=O)cc2)CC1. The van der Waals surface area contributed by atoms with Crippen molar-refractivity contribution in [2.24, 2.45) is 0 Å². The molecule has 0 bridgehead atoms. The van der Waals surface area contributed by atoms with Crippen LogP contribution in [0.25, 0.3) is 0 Å². The summed E-state index contributed by atoms with van der Waals surface area (Å²) >= 11 is 0. The van der Waals surface area contributed by atoms with Crippen LogP contribution in [0.5, 0.6) is 0 Å². The highest BCUT2D eigenvalue weighted by Crippen LogP contribution is 2.34. The van der Waals surface area contributed by atoms with E-state index in [2.05, 4.69) is 5.32 Å². The van der Waals surface area contributed by atoms with Crippen molar-refractivity contribution in [2.45, 2.75) is 25.1 Å². The topological polar surface area (TPSA) is 69.7 Å². The van der Waals surface area contributed by atoms with Crippen molar-refractivity contribution in [2.75, 3.05) is 25.5 Å². The van der Waals surface area contributed by atoms with Gasteiger partial charge in [0.2, 0.25) is 0 Å². The van der Waals surface area contributed by atoms with Gasteiger partial charge in [-0.05, 0) is 67.4 Å². The van der Waals surface area contributed by atoms with Crippen molar-refractivity contribution in [1.29, 1.82) is 0 Å². The number of hydrogen-bond donors (Lipinski definition) is 1. The van der Waals surface area contributed by atoms with Gasteiger partial charge in [0, 0.05) is 37.4 Å². The summed E-state index contributed by atoms with van der Waals surface area (Å²) in [5.74, 6) is -2.14. The first-order chi connectivity index (χ1) is 18.1. The zero-order valence-corrected chi connectivity index (χ0v) is 20.5. The Morgan fingerprint density at radius 1 is 0.974 bits per heavy atom. The predicted octanol–water partition coefficient (Wildman–Crippen LogP) is 5.78. The number of hydrogen-bond acceptors (Lipinski definition) is 4. The lowest BCUT2D eigenvalue weighted by Gasteiger charge is -2.37. The third-order valence-electron chi connectivity index (χ3n) is 6.62. The molecular formula is C28H25F4N3O3. The molecule has 4 rings (SSSR count). The van der Waals surface area contributed by atoms with Crippen molar-refractivity contribution in [3.63, 3.8) is 0 Å². The standard InChI is InChI=1S/C28H25F4N3O3/c1-34(26(37)22-11-8-19(29)16-24(22)28(30,31)32)21-12-14-35(15-13-21)27(38)23-4-2-3-5-25(23)33-20-9-6-18(17-36)7-10-20/h2-11,16-17,21,33H,12-15H2,1H3. The molecule has 0 unspecified atom stereocenters. The summed E-state index contributed by atoms with van der Waals surface area (Å²) in [6, 6.07) is 15.4. The number of halogens is 4. The molecular weight excluding hydrogens is 502 g/mol. The van der Waals surface area contributed by atoms with Crippen LogP contribution >= 0.6 is 0 Å². The maximum Gasteiger partial charge on any atom is 0.417 e. The van der Waals surface area contributed by atoms with E-state index in [1.54, 1.807) is 53.4 Å². The number of rotatable bonds is 6. The van der Waals surface area contributed by atoms with Gasteiger partial charge in [-0.15, -0.1) is 0 Å². The van der Waals surface area contributed by atoms with E-state index >= 15 is 0 Å². The van der Waals surface area contributed by atoms with Gasteiger partial charge >= 0.3 is 6.18 Å². The maximum absolute atomic E-state index is 13.5. The van der Waals surface area contributed by atoms with Crippen molar-refractivity contribution >= 4 is 29.5 Å². The molecule has 3 aromatic carbocycles. The van der Waals surface area contributed by atoms with E-state index in [0.717, 1.165) is 18.4 Å². The second kappa shape index (κ2) is 11.0. The molecule has 38 heavy (non-hydrogen) atoms. The van der Waals surface area contributed by atoms with E-state index in [0.29, 0.717) is 54.5 Å². The molecule has 0 atom stereocenters. The molecule has 0 saturated carbocycles. The Morgan fingerprint density at radius 3 is 2.26 bits per heavy atom. The molecule has 1 N–H and O–H groups in total. The monoisotopic (exact) mass is 527 g/mol. The molecule has 1 fully saturated rings. The highest BCUT2D eigenvalue weighted by molar-refractivity contribution is 6.00. The summed E-state index contributed by atoms with van der Waals surface area (Å²) in [5.41, 5.74) is 0.333. The van der Waals surface area contributed by atoms with Gasteiger partial charge in [-0.2, -0.15) is 13.2 Å². The number of amides is 2. The van der Waals surface area contributed by atoms with Crippen molar-refractivity contribution < 1.29 is 31.9 Å². The summed E-state index contributed by atoms with van der Waals surface area (Å²) in [4.78, 5) is 40.0. The average Bonchev–Trinajstić information content (AvgIpc) is 2.92. The summed E-state index contributed by atoms with van der Waals surface area (Å²) in [5, 5.41) is 3.19. The number of carbonyl (C=O) groups excluding carboxylic acids is 3. The minimum absolute atomic E-state index is 0.220. The quantitative estimate of drug-likeness (QED) is 0.326. The number of nitrogens with zero attached hydrogens (tertiary/aromatic N) is 2. The summed E-state index contributed by atoms with van der Waals surface area (Å²) < 4.78 is 53.7. The van der Waals surface area contributed by atoms with Crippen LogP contribution in [0.2, 0.25) is 0 Å². The van der Waals surface area contributed by atoms with E-state index in [1.807, 2.05) is 0 Å². The number of piperidine rings is 1. The van der Waals surface area contributed by atoms with Gasteiger partial charge in [-0.1, -0.05) is 12.1 Å². The predicted molar refractivity (Wildman–Crippen MR) is 134 cm³/mol. The maximum atomic E-state index is 13.5. The Labute approximate surface area is 216 Å². The van der Waals surface area contributed by atoms with E-state index in [-0.39, 0.29) is 11.9 Å². The Morgan fingerprint density at radius 2 is 1.63 bits per heavy atom. The second-order valence-electron chi connectivity index (χ2n) is 9.04. The van der Waals surface area contributed by atoms with Crippen LogP contribution in [-0.2, 0) is 6.18 Å². The fourth-order valence-electron chi connectivity index (χ4n) is 4.50. The lowest BCUT2D eigenvalue weighted by atomic mass is 9.99. The molecule has 0 spiro atoms. The zero-order valence-electron chi connectivity index (χ0n) is 20.5. The van der Waals surface area contributed by atoms with E-state index < -0.39 is 29.0 Å². The number of alkyl halides is 3. The smallest absolute Gasteiger partial charge is 0.355 e. The molecule has 1 aliphatic heterocycles. The lowest BCUT2D eigenvalue weighted by Crippen LogP contribution is -2.47. The van der Waals surface area contributed by atoms with Crippen LogP contribution in [0, 0.1) is 5.82 Å². The van der Waals surface area contributed by atoms with Gasteiger partial charge in [-0.3, -0.25) is 14.4 Å².